The van der Waals surface area contributed by atoms with Gasteiger partial charge in [0.15, 0.2) is 0 Å². The number of rotatable bonds is 3. The molecule has 3 rings (SSSR count). The molecule has 4 nitrogen and oxygen atoms in total. The van der Waals surface area contributed by atoms with E-state index in [4.69, 9.17) is 10.2 Å². The largest absolute Gasteiger partial charge is 0.459 e. The van der Waals surface area contributed by atoms with Gasteiger partial charge in [0.05, 0.1) is 6.04 Å². The van der Waals surface area contributed by atoms with E-state index in [-0.39, 0.29) is 6.04 Å². The zero-order valence-electron chi connectivity index (χ0n) is 12.2. The van der Waals surface area contributed by atoms with Gasteiger partial charge < -0.3 is 20.0 Å². The number of hydrogen-bond donors (Lipinski definition) is 1. The lowest BCUT2D eigenvalue weighted by molar-refractivity contribution is 0.102. The number of benzene rings is 1. The molecule has 1 aliphatic heterocycles. The summed E-state index contributed by atoms with van der Waals surface area (Å²) in [5.41, 5.74) is 7.28. The van der Waals surface area contributed by atoms with Crippen molar-refractivity contribution in [1.29, 1.82) is 0 Å². The van der Waals surface area contributed by atoms with Gasteiger partial charge >= 0.3 is 0 Å². The van der Waals surface area contributed by atoms with E-state index in [0.717, 1.165) is 42.8 Å². The number of nitrogens with two attached hydrogens (primary N) is 1. The van der Waals surface area contributed by atoms with Gasteiger partial charge in [0, 0.05) is 31.1 Å². The van der Waals surface area contributed by atoms with E-state index < -0.39 is 0 Å². The van der Waals surface area contributed by atoms with Crippen LogP contribution in [-0.4, -0.2) is 49.6 Å². The van der Waals surface area contributed by atoms with Crippen molar-refractivity contribution in [2.24, 2.45) is 5.73 Å². The number of para-hydroxylation sites is 1. The van der Waals surface area contributed by atoms with Gasteiger partial charge in [-0.15, -0.1) is 0 Å². The molecule has 1 aromatic carbocycles. The van der Waals surface area contributed by atoms with Gasteiger partial charge in [0.2, 0.25) is 0 Å². The van der Waals surface area contributed by atoms with E-state index in [1.807, 2.05) is 18.2 Å². The number of hydrogen-bond acceptors (Lipinski definition) is 4. The number of fused-ring (bicyclic) bond motifs is 1. The van der Waals surface area contributed by atoms with Crippen LogP contribution < -0.4 is 5.73 Å². The fraction of sp³-hybridized carbons (Fsp3) is 0.500. The van der Waals surface area contributed by atoms with E-state index in [1.54, 1.807) is 0 Å². The van der Waals surface area contributed by atoms with Crippen molar-refractivity contribution in [3.63, 3.8) is 0 Å². The molecule has 1 aromatic heterocycles. The van der Waals surface area contributed by atoms with Crippen molar-refractivity contribution < 1.29 is 4.42 Å². The van der Waals surface area contributed by atoms with E-state index >= 15 is 0 Å². The van der Waals surface area contributed by atoms with E-state index in [0.29, 0.717) is 6.04 Å². The van der Waals surface area contributed by atoms with Gasteiger partial charge in [0.25, 0.3) is 0 Å². The van der Waals surface area contributed by atoms with Gasteiger partial charge in [-0.1, -0.05) is 18.2 Å². The highest BCUT2D eigenvalue weighted by Crippen LogP contribution is 2.26. The first-order valence-corrected chi connectivity index (χ1v) is 7.26. The molecule has 2 unspecified atom stereocenters. The summed E-state index contributed by atoms with van der Waals surface area (Å²) in [6.07, 6.45) is 0.931. The fourth-order valence-electron chi connectivity index (χ4n) is 2.95. The van der Waals surface area contributed by atoms with Gasteiger partial charge in [-0.25, -0.2) is 0 Å². The summed E-state index contributed by atoms with van der Waals surface area (Å²) in [5, 5.41) is 1.13. The Hall–Kier alpha value is -1.36. The third kappa shape index (κ3) is 2.73. The smallest absolute Gasteiger partial charge is 0.134 e. The zero-order valence-corrected chi connectivity index (χ0v) is 12.2. The third-order valence-corrected chi connectivity index (χ3v) is 4.32. The van der Waals surface area contributed by atoms with Crippen molar-refractivity contribution >= 4 is 11.0 Å². The van der Waals surface area contributed by atoms with Crippen LogP contribution in [0.2, 0.25) is 0 Å². The van der Waals surface area contributed by atoms with Gasteiger partial charge in [0.1, 0.15) is 11.3 Å². The molecule has 2 N–H and O–H groups in total. The third-order valence-electron chi connectivity index (χ3n) is 4.32. The van der Waals surface area contributed by atoms with Gasteiger partial charge in [-0.3, -0.25) is 0 Å². The number of piperazine rings is 1. The fourth-order valence-corrected chi connectivity index (χ4v) is 2.95. The van der Waals surface area contributed by atoms with E-state index in [2.05, 4.69) is 36.0 Å². The Morgan fingerprint density at radius 3 is 2.90 bits per heavy atom. The minimum atomic E-state index is -0.0404. The minimum absolute atomic E-state index is 0.0404. The highest BCUT2D eigenvalue weighted by Gasteiger charge is 2.25. The summed E-state index contributed by atoms with van der Waals surface area (Å²) in [4.78, 5) is 4.78. The van der Waals surface area contributed by atoms with Crippen molar-refractivity contribution in [3.05, 3.63) is 36.1 Å². The van der Waals surface area contributed by atoms with E-state index in [9.17, 15) is 0 Å². The molecular formula is C16H23N3O. The Morgan fingerprint density at radius 2 is 2.10 bits per heavy atom. The Labute approximate surface area is 120 Å². The maximum Gasteiger partial charge on any atom is 0.134 e. The molecule has 1 fully saturated rings. The Bertz CT molecular complexity index is 547. The Kier molecular flexibility index (Phi) is 3.78. The molecule has 0 bridgehead atoms. The molecule has 108 valence electrons. The molecule has 0 spiro atoms. The second-order valence-corrected chi connectivity index (χ2v) is 5.93. The van der Waals surface area contributed by atoms with Crippen LogP contribution in [-0.2, 0) is 0 Å². The molecule has 0 radical (unpaired) electrons. The van der Waals surface area contributed by atoms with Crippen LogP contribution in [0.4, 0.5) is 0 Å². The predicted molar refractivity (Wildman–Crippen MR) is 81.7 cm³/mol. The summed E-state index contributed by atoms with van der Waals surface area (Å²) in [6, 6.07) is 10.6. The second-order valence-electron chi connectivity index (χ2n) is 5.93. The molecule has 0 amide bonds. The first kappa shape index (κ1) is 13.6. The van der Waals surface area contributed by atoms with Crippen LogP contribution in [0.15, 0.2) is 34.7 Å². The zero-order chi connectivity index (χ0) is 14.1. The first-order valence-electron chi connectivity index (χ1n) is 7.26. The summed E-state index contributed by atoms with van der Waals surface area (Å²) in [7, 11) is 4.36. The van der Waals surface area contributed by atoms with Crippen LogP contribution in [0, 0.1) is 0 Å². The van der Waals surface area contributed by atoms with Crippen LogP contribution >= 0.6 is 0 Å². The average Bonchev–Trinajstić information content (AvgIpc) is 2.87. The highest BCUT2D eigenvalue weighted by atomic mass is 16.3. The number of likely N-dealkylation sites (N-methyl/N-ethyl adjacent to an activating group) is 2. The van der Waals surface area contributed by atoms with Crippen LogP contribution in [0.1, 0.15) is 18.2 Å². The standard InChI is InChI=1S/C16H23N3O/c1-18-7-8-19(2)13(11-18)10-14(17)16-9-12-5-3-4-6-15(12)20-16/h3-6,9,13-14H,7-8,10-11,17H2,1-2H3. The molecular weight excluding hydrogens is 250 g/mol. The maximum atomic E-state index is 6.36. The monoisotopic (exact) mass is 273 g/mol. The Morgan fingerprint density at radius 1 is 1.30 bits per heavy atom. The quantitative estimate of drug-likeness (QED) is 0.930. The lowest BCUT2D eigenvalue weighted by atomic mass is 10.0. The maximum absolute atomic E-state index is 6.36. The molecule has 0 aliphatic carbocycles. The average molecular weight is 273 g/mol. The second kappa shape index (κ2) is 5.56. The normalized spacial score (nSPS) is 23.2. The van der Waals surface area contributed by atoms with Crippen LogP contribution in [0.25, 0.3) is 11.0 Å². The first-order chi connectivity index (χ1) is 9.63. The summed E-state index contributed by atoms with van der Waals surface area (Å²) >= 11 is 0. The van der Waals surface area contributed by atoms with Crippen molar-refractivity contribution in [2.45, 2.75) is 18.5 Å². The van der Waals surface area contributed by atoms with Crippen molar-refractivity contribution in [1.82, 2.24) is 9.80 Å². The molecule has 2 aromatic rings. The molecule has 20 heavy (non-hydrogen) atoms. The molecule has 0 saturated carbocycles. The Balaban J connectivity index is 1.73. The van der Waals surface area contributed by atoms with Crippen LogP contribution in [0.3, 0.4) is 0 Å². The number of furan rings is 1. The molecule has 2 atom stereocenters. The summed E-state index contributed by atoms with van der Waals surface area (Å²) in [6.45, 7) is 3.31. The van der Waals surface area contributed by atoms with Gasteiger partial charge in [-0.05, 0) is 32.6 Å². The van der Waals surface area contributed by atoms with Gasteiger partial charge in [-0.2, -0.15) is 0 Å². The van der Waals surface area contributed by atoms with E-state index in [1.165, 1.54) is 0 Å². The minimum Gasteiger partial charge on any atom is -0.459 e. The van der Waals surface area contributed by atoms with Crippen LogP contribution in [0.5, 0.6) is 0 Å². The van der Waals surface area contributed by atoms with Crippen molar-refractivity contribution in [3.8, 4) is 0 Å². The molecule has 1 aliphatic rings. The highest BCUT2D eigenvalue weighted by molar-refractivity contribution is 5.77. The molecule has 2 heterocycles. The van der Waals surface area contributed by atoms with Crippen molar-refractivity contribution in [2.75, 3.05) is 33.7 Å². The predicted octanol–water partition coefficient (Wildman–Crippen LogP) is 2.07. The molecule has 4 heteroatoms. The molecule has 1 saturated heterocycles. The topological polar surface area (TPSA) is 45.6 Å². The summed E-state index contributed by atoms with van der Waals surface area (Å²) in [5.74, 6) is 0.896. The lowest BCUT2D eigenvalue weighted by Crippen LogP contribution is -2.50. The number of nitrogens with zero attached hydrogens (tertiary/aromatic N) is 2. The lowest BCUT2D eigenvalue weighted by Gasteiger charge is -2.38. The summed E-state index contributed by atoms with van der Waals surface area (Å²) < 4.78 is 5.88. The SMILES string of the molecule is CN1CCN(C)C(CC(N)c2cc3ccccc3o2)C1.